The summed E-state index contributed by atoms with van der Waals surface area (Å²) in [5, 5.41) is 8.69. The van der Waals surface area contributed by atoms with Crippen LogP contribution in [0.15, 0.2) is 54.1 Å². The molecule has 0 fully saturated rings. The number of hydrogen-bond acceptors (Lipinski definition) is 8. The number of carbonyl (C=O) groups is 2. The van der Waals surface area contributed by atoms with E-state index in [0.717, 1.165) is 11.4 Å². The van der Waals surface area contributed by atoms with E-state index in [1.807, 2.05) is 13.1 Å². The minimum Gasteiger partial charge on any atom is -0.479 e. The number of ether oxygens (including phenoxy) is 2. The Morgan fingerprint density at radius 1 is 0.919 bits per heavy atom. The molecule has 13 heteroatoms. The standard InChI is InChI=1S/C12H13N3O3.C10H9N3O3.2CH4.ClH/c1-8-6-15(7-13-8)10-5-4-9(12(16)18-3)14-11(10)17-2;1-6-4-13(5-11-6)8-3-2-7(10(15)16)12-9(8)14;;;/h4-7H,1-3H3;2-5H,1H3,(H,12,14)(H,15,16);2*1H4;1H. The van der Waals surface area contributed by atoms with Crippen LogP contribution in [0.1, 0.15) is 47.2 Å². The fourth-order valence-corrected chi connectivity index (χ4v) is 2.90. The van der Waals surface area contributed by atoms with Gasteiger partial charge in [0.1, 0.15) is 17.1 Å². The van der Waals surface area contributed by atoms with Gasteiger partial charge in [-0.3, -0.25) is 4.79 Å². The van der Waals surface area contributed by atoms with Gasteiger partial charge in [-0.05, 0) is 38.1 Å². The van der Waals surface area contributed by atoms with E-state index in [0.29, 0.717) is 17.3 Å². The predicted octanol–water partition coefficient (Wildman–Crippen LogP) is 3.63. The lowest BCUT2D eigenvalue weighted by atomic mass is 10.3. The summed E-state index contributed by atoms with van der Waals surface area (Å²) in [5.41, 5.74) is 2.32. The number of aryl methyl sites for hydroxylation is 2. The van der Waals surface area contributed by atoms with Crippen LogP contribution in [-0.4, -0.2) is 60.3 Å². The Morgan fingerprint density at radius 2 is 1.46 bits per heavy atom. The molecule has 0 saturated carbocycles. The van der Waals surface area contributed by atoms with Crippen molar-refractivity contribution in [1.29, 1.82) is 0 Å². The molecule has 200 valence electrons. The first-order valence-corrected chi connectivity index (χ1v) is 9.85. The number of imidazole rings is 2. The molecule has 2 N–H and O–H groups in total. The smallest absolute Gasteiger partial charge is 0.356 e. The third kappa shape index (κ3) is 7.77. The summed E-state index contributed by atoms with van der Waals surface area (Å²) >= 11 is 0. The summed E-state index contributed by atoms with van der Waals surface area (Å²) in [6, 6.07) is 6.11. The van der Waals surface area contributed by atoms with E-state index in [9.17, 15) is 14.4 Å². The molecule has 4 aromatic heterocycles. The number of esters is 1. The Hall–Kier alpha value is -4.45. The monoisotopic (exact) mass is 534 g/mol. The van der Waals surface area contributed by atoms with Gasteiger partial charge in [-0.1, -0.05) is 14.9 Å². The van der Waals surface area contributed by atoms with E-state index in [2.05, 4.69) is 24.7 Å². The lowest BCUT2D eigenvalue weighted by Crippen LogP contribution is -2.17. The summed E-state index contributed by atoms with van der Waals surface area (Å²) in [7, 11) is 2.81. The van der Waals surface area contributed by atoms with Crippen LogP contribution in [-0.2, 0) is 4.74 Å². The molecular formula is C24H31ClN6O6. The average molecular weight is 535 g/mol. The average Bonchev–Trinajstić information content (AvgIpc) is 3.46. The second-order valence-corrected chi connectivity index (χ2v) is 6.95. The van der Waals surface area contributed by atoms with Crippen LogP contribution in [0.3, 0.4) is 0 Å². The molecule has 4 heterocycles. The highest BCUT2D eigenvalue weighted by atomic mass is 35.5. The summed E-state index contributed by atoms with van der Waals surface area (Å²) in [4.78, 5) is 48.1. The van der Waals surface area contributed by atoms with Crippen molar-refractivity contribution in [3.8, 4) is 17.3 Å². The van der Waals surface area contributed by atoms with Crippen molar-refractivity contribution in [3.63, 3.8) is 0 Å². The minimum atomic E-state index is -1.16. The first-order chi connectivity index (χ1) is 16.2. The quantitative estimate of drug-likeness (QED) is 0.365. The van der Waals surface area contributed by atoms with E-state index >= 15 is 0 Å². The minimum absolute atomic E-state index is 0. The van der Waals surface area contributed by atoms with Crippen molar-refractivity contribution >= 4 is 24.3 Å². The van der Waals surface area contributed by atoms with Gasteiger partial charge in [-0.2, -0.15) is 0 Å². The Balaban J connectivity index is 0.000000651. The summed E-state index contributed by atoms with van der Waals surface area (Å²) in [5.74, 6) is -1.32. The van der Waals surface area contributed by atoms with E-state index in [-0.39, 0.29) is 38.6 Å². The van der Waals surface area contributed by atoms with Gasteiger partial charge in [0.2, 0.25) is 5.88 Å². The molecule has 0 amide bonds. The molecule has 12 nitrogen and oxygen atoms in total. The van der Waals surface area contributed by atoms with Gasteiger partial charge in [0.05, 0.1) is 38.3 Å². The van der Waals surface area contributed by atoms with Gasteiger partial charge >= 0.3 is 11.9 Å². The van der Waals surface area contributed by atoms with Crippen LogP contribution in [0.4, 0.5) is 0 Å². The van der Waals surface area contributed by atoms with Crippen LogP contribution in [0.5, 0.6) is 5.88 Å². The van der Waals surface area contributed by atoms with Crippen molar-refractivity contribution in [2.45, 2.75) is 28.7 Å². The molecule has 4 aromatic rings. The first kappa shape index (κ1) is 32.5. The second kappa shape index (κ2) is 14.2. The fourth-order valence-electron chi connectivity index (χ4n) is 2.90. The highest BCUT2D eigenvalue weighted by molar-refractivity contribution is 5.87. The van der Waals surface area contributed by atoms with Gasteiger partial charge in [-0.25, -0.2) is 24.5 Å². The zero-order valence-electron chi connectivity index (χ0n) is 19.3. The van der Waals surface area contributed by atoms with Gasteiger partial charge in [-0.15, -0.1) is 12.4 Å². The topological polar surface area (TPSA) is 154 Å². The second-order valence-electron chi connectivity index (χ2n) is 6.95. The van der Waals surface area contributed by atoms with E-state index in [1.54, 1.807) is 40.7 Å². The largest absolute Gasteiger partial charge is 0.479 e. The number of aromatic carboxylic acids is 1. The zero-order chi connectivity index (χ0) is 24.8. The molecule has 4 rings (SSSR count). The van der Waals surface area contributed by atoms with Crippen LogP contribution in [0.25, 0.3) is 11.4 Å². The van der Waals surface area contributed by atoms with E-state index in [1.165, 1.54) is 32.7 Å². The third-order valence-corrected chi connectivity index (χ3v) is 4.53. The van der Waals surface area contributed by atoms with Crippen molar-refractivity contribution in [3.05, 3.63) is 82.4 Å². The summed E-state index contributed by atoms with van der Waals surface area (Å²) in [6.45, 7) is 3.69. The van der Waals surface area contributed by atoms with Crippen molar-refractivity contribution in [2.75, 3.05) is 14.2 Å². The zero-order valence-corrected chi connectivity index (χ0v) is 20.1. The van der Waals surface area contributed by atoms with E-state index < -0.39 is 17.5 Å². The number of nitrogens with zero attached hydrogens (tertiary/aromatic N) is 5. The lowest BCUT2D eigenvalue weighted by Gasteiger charge is -2.09. The van der Waals surface area contributed by atoms with Crippen LogP contribution >= 0.6 is 12.4 Å². The summed E-state index contributed by atoms with van der Waals surface area (Å²) in [6.07, 6.45) is 6.69. The number of H-pyrrole nitrogens is 1. The van der Waals surface area contributed by atoms with Crippen LogP contribution in [0, 0.1) is 13.8 Å². The highest BCUT2D eigenvalue weighted by Gasteiger charge is 2.13. The fraction of sp³-hybridized carbons (Fsp3) is 0.250. The number of carboxylic acids is 1. The maximum absolute atomic E-state index is 11.6. The van der Waals surface area contributed by atoms with Crippen molar-refractivity contribution < 1.29 is 24.2 Å². The molecule has 0 atom stereocenters. The number of carbonyl (C=O) groups excluding carboxylic acids is 1. The number of pyridine rings is 2. The molecule has 37 heavy (non-hydrogen) atoms. The van der Waals surface area contributed by atoms with Crippen molar-refractivity contribution in [2.24, 2.45) is 0 Å². The summed E-state index contributed by atoms with van der Waals surface area (Å²) < 4.78 is 13.1. The molecule has 0 spiro atoms. The number of aromatic amines is 1. The highest BCUT2D eigenvalue weighted by Crippen LogP contribution is 2.21. The number of aromatic nitrogens is 6. The van der Waals surface area contributed by atoms with Gasteiger partial charge in [0, 0.05) is 12.4 Å². The van der Waals surface area contributed by atoms with Gasteiger partial charge in [0.25, 0.3) is 5.56 Å². The molecule has 0 aliphatic carbocycles. The number of nitrogens with one attached hydrogen (secondary N) is 1. The molecule has 0 bridgehead atoms. The molecule has 0 aromatic carbocycles. The van der Waals surface area contributed by atoms with Crippen LogP contribution < -0.4 is 10.3 Å². The number of carboxylic acid groups (broad SMARTS) is 1. The number of rotatable bonds is 5. The normalized spacial score (nSPS) is 9.41. The Bertz CT molecular complexity index is 1390. The van der Waals surface area contributed by atoms with Crippen LogP contribution in [0.2, 0.25) is 0 Å². The molecular weight excluding hydrogens is 504 g/mol. The molecule has 0 radical (unpaired) electrons. The van der Waals surface area contributed by atoms with Gasteiger partial charge in [0.15, 0.2) is 5.69 Å². The maximum Gasteiger partial charge on any atom is 0.356 e. The molecule has 0 aliphatic heterocycles. The number of hydrogen-bond donors (Lipinski definition) is 2. The number of halogens is 1. The van der Waals surface area contributed by atoms with Crippen molar-refractivity contribution in [1.82, 2.24) is 29.1 Å². The molecule has 0 aliphatic rings. The molecule has 0 unspecified atom stereocenters. The Kier molecular flexibility index (Phi) is 12.5. The van der Waals surface area contributed by atoms with E-state index in [4.69, 9.17) is 9.84 Å². The first-order valence-electron chi connectivity index (χ1n) is 9.85. The Labute approximate surface area is 220 Å². The molecule has 0 saturated heterocycles. The van der Waals surface area contributed by atoms with Gasteiger partial charge < -0.3 is 28.7 Å². The number of methoxy groups -OCH3 is 2. The lowest BCUT2D eigenvalue weighted by molar-refractivity contribution is 0.0592. The Morgan fingerprint density at radius 3 is 1.89 bits per heavy atom. The predicted molar refractivity (Wildman–Crippen MR) is 141 cm³/mol. The SMILES string of the molecule is C.C.COC(=O)c1ccc(-n2cnc(C)c2)c(OC)n1.Cc1cn(-c2ccc(C(=O)O)[nH]c2=O)cn1.Cl. The third-order valence-electron chi connectivity index (χ3n) is 4.53. The maximum atomic E-state index is 11.6.